The molecule has 1 aromatic rings. The van der Waals surface area contributed by atoms with E-state index in [0.29, 0.717) is 12.5 Å². The van der Waals surface area contributed by atoms with Gasteiger partial charge in [-0.25, -0.2) is 0 Å². The van der Waals surface area contributed by atoms with Gasteiger partial charge in [0.2, 0.25) is 5.89 Å². The fraction of sp³-hybridized carbons (Fsp3) is 0.867. The number of hydrogen-bond donors (Lipinski definition) is 1. The minimum atomic E-state index is 0.181. The molecule has 0 bridgehead atoms. The smallest absolute Gasteiger partial charge is 0.231 e. The normalized spacial score (nSPS) is 25.7. The SMILES string of the molecule is CC1CCC(c2noc(C(CN)CC(C)(C)C)n2)C1. The second kappa shape index (κ2) is 5.61. The molecule has 0 amide bonds. The maximum Gasteiger partial charge on any atom is 0.231 e. The Kier molecular flexibility index (Phi) is 4.29. The highest BCUT2D eigenvalue weighted by Gasteiger charge is 2.29. The van der Waals surface area contributed by atoms with Gasteiger partial charge in [-0.15, -0.1) is 0 Å². The number of aromatic nitrogens is 2. The summed E-state index contributed by atoms with van der Waals surface area (Å²) in [7, 11) is 0. The topological polar surface area (TPSA) is 64.9 Å². The second-order valence-electron chi connectivity index (χ2n) is 7.30. The van der Waals surface area contributed by atoms with Gasteiger partial charge < -0.3 is 10.3 Å². The van der Waals surface area contributed by atoms with Crippen molar-refractivity contribution in [1.29, 1.82) is 0 Å². The molecule has 4 heteroatoms. The summed E-state index contributed by atoms with van der Waals surface area (Å²) in [6.45, 7) is 9.51. The first-order valence-corrected chi connectivity index (χ1v) is 7.42. The van der Waals surface area contributed by atoms with Crippen LogP contribution in [0.15, 0.2) is 4.52 Å². The quantitative estimate of drug-likeness (QED) is 0.905. The van der Waals surface area contributed by atoms with Crippen molar-refractivity contribution in [2.75, 3.05) is 6.54 Å². The Hall–Kier alpha value is -0.900. The molecule has 1 aliphatic carbocycles. The van der Waals surface area contributed by atoms with Gasteiger partial charge in [0.15, 0.2) is 5.82 Å². The monoisotopic (exact) mass is 265 g/mol. The number of nitrogens with zero attached hydrogens (tertiary/aromatic N) is 2. The molecule has 0 saturated heterocycles. The van der Waals surface area contributed by atoms with E-state index in [-0.39, 0.29) is 11.3 Å². The summed E-state index contributed by atoms with van der Waals surface area (Å²) in [5.41, 5.74) is 6.09. The molecule has 0 aliphatic heterocycles. The standard InChI is InChI=1S/C15H27N3O/c1-10-5-6-11(7-10)13-17-14(19-18-13)12(9-16)8-15(2,3)4/h10-12H,5-9,16H2,1-4H3. The van der Waals surface area contributed by atoms with Crippen LogP contribution in [0.4, 0.5) is 0 Å². The summed E-state index contributed by atoms with van der Waals surface area (Å²) in [6.07, 6.45) is 4.63. The van der Waals surface area contributed by atoms with Gasteiger partial charge >= 0.3 is 0 Å². The van der Waals surface area contributed by atoms with Crippen molar-refractivity contribution in [2.24, 2.45) is 17.1 Å². The summed E-state index contributed by atoms with van der Waals surface area (Å²) >= 11 is 0. The largest absolute Gasteiger partial charge is 0.339 e. The summed E-state index contributed by atoms with van der Waals surface area (Å²) in [6, 6.07) is 0. The maximum absolute atomic E-state index is 5.87. The molecule has 19 heavy (non-hydrogen) atoms. The first-order chi connectivity index (χ1) is 8.89. The van der Waals surface area contributed by atoms with E-state index in [4.69, 9.17) is 10.3 Å². The van der Waals surface area contributed by atoms with E-state index in [1.54, 1.807) is 0 Å². The Morgan fingerprint density at radius 1 is 1.37 bits per heavy atom. The van der Waals surface area contributed by atoms with Crippen molar-refractivity contribution in [3.8, 4) is 0 Å². The second-order valence-corrected chi connectivity index (χ2v) is 7.30. The highest BCUT2D eigenvalue weighted by Crippen LogP contribution is 2.37. The first kappa shape index (κ1) is 14.5. The lowest BCUT2D eigenvalue weighted by Crippen LogP contribution is -2.19. The van der Waals surface area contributed by atoms with Crippen molar-refractivity contribution in [2.45, 2.75) is 65.2 Å². The summed E-state index contributed by atoms with van der Waals surface area (Å²) in [5, 5.41) is 4.19. The Bertz CT molecular complexity index is 408. The van der Waals surface area contributed by atoms with Crippen LogP contribution in [0.5, 0.6) is 0 Å². The van der Waals surface area contributed by atoms with Crippen LogP contribution in [0.3, 0.4) is 0 Å². The van der Waals surface area contributed by atoms with E-state index >= 15 is 0 Å². The molecular weight excluding hydrogens is 238 g/mol. The van der Waals surface area contributed by atoms with Crippen molar-refractivity contribution >= 4 is 0 Å². The molecule has 4 nitrogen and oxygen atoms in total. The van der Waals surface area contributed by atoms with E-state index in [1.165, 1.54) is 19.3 Å². The third-order valence-corrected chi connectivity index (χ3v) is 4.01. The Balaban J connectivity index is 2.06. The predicted octanol–water partition coefficient (Wildman–Crippen LogP) is 3.45. The highest BCUT2D eigenvalue weighted by molar-refractivity contribution is 5.02. The zero-order valence-electron chi connectivity index (χ0n) is 12.6. The van der Waals surface area contributed by atoms with E-state index in [0.717, 1.165) is 24.1 Å². The summed E-state index contributed by atoms with van der Waals surface area (Å²) in [5.74, 6) is 3.08. The molecule has 0 spiro atoms. The molecule has 1 heterocycles. The lowest BCUT2D eigenvalue weighted by Gasteiger charge is -2.22. The Morgan fingerprint density at radius 2 is 2.11 bits per heavy atom. The van der Waals surface area contributed by atoms with Gasteiger partial charge in [-0.2, -0.15) is 4.98 Å². The Labute approximate surface area is 116 Å². The lowest BCUT2D eigenvalue weighted by molar-refractivity contribution is 0.285. The van der Waals surface area contributed by atoms with Crippen LogP contribution < -0.4 is 5.73 Å². The number of hydrogen-bond acceptors (Lipinski definition) is 4. The van der Waals surface area contributed by atoms with E-state index in [1.807, 2.05) is 0 Å². The molecule has 0 aromatic carbocycles. The van der Waals surface area contributed by atoms with Crippen LogP contribution in [-0.4, -0.2) is 16.7 Å². The fourth-order valence-corrected chi connectivity index (χ4v) is 3.03. The molecule has 2 rings (SSSR count). The van der Waals surface area contributed by atoms with Gasteiger partial charge in [0.25, 0.3) is 0 Å². The van der Waals surface area contributed by atoms with Crippen LogP contribution in [0.2, 0.25) is 0 Å². The number of rotatable bonds is 4. The Morgan fingerprint density at radius 3 is 2.63 bits per heavy atom. The summed E-state index contributed by atoms with van der Waals surface area (Å²) in [4.78, 5) is 4.62. The van der Waals surface area contributed by atoms with Gasteiger partial charge in [0, 0.05) is 12.5 Å². The first-order valence-electron chi connectivity index (χ1n) is 7.42. The maximum atomic E-state index is 5.87. The van der Waals surface area contributed by atoms with Crippen molar-refractivity contribution in [3.63, 3.8) is 0 Å². The average Bonchev–Trinajstić information content (AvgIpc) is 2.92. The van der Waals surface area contributed by atoms with E-state index in [9.17, 15) is 0 Å². The van der Waals surface area contributed by atoms with Crippen molar-refractivity contribution < 1.29 is 4.52 Å². The van der Waals surface area contributed by atoms with Crippen molar-refractivity contribution in [1.82, 2.24) is 10.1 Å². The van der Waals surface area contributed by atoms with Gasteiger partial charge in [-0.05, 0) is 37.0 Å². The molecule has 2 N–H and O–H groups in total. The third-order valence-electron chi connectivity index (χ3n) is 4.01. The third kappa shape index (κ3) is 3.78. The fourth-order valence-electron chi connectivity index (χ4n) is 3.03. The van der Waals surface area contributed by atoms with Crippen LogP contribution >= 0.6 is 0 Å². The van der Waals surface area contributed by atoms with Crippen LogP contribution in [-0.2, 0) is 0 Å². The minimum Gasteiger partial charge on any atom is -0.339 e. The van der Waals surface area contributed by atoms with Gasteiger partial charge in [-0.1, -0.05) is 32.9 Å². The molecule has 3 atom stereocenters. The molecule has 3 unspecified atom stereocenters. The molecule has 1 aliphatic rings. The molecule has 1 fully saturated rings. The molecule has 108 valence electrons. The molecule has 1 saturated carbocycles. The number of nitrogens with two attached hydrogens (primary N) is 1. The molecule has 0 radical (unpaired) electrons. The lowest BCUT2D eigenvalue weighted by atomic mass is 9.84. The van der Waals surface area contributed by atoms with Crippen LogP contribution in [0, 0.1) is 11.3 Å². The average molecular weight is 265 g/mol. The molecular formula is C15H27N3O. The van der Waals surface area contributed by atoms with Gasteiger partial charge in [-0.3, -0.25) is 0 Å². The summed E-state index contributed by atoms with van der Waals surface area (Å²) < 4.78 is 5.47. The minimum absolute atomic E-state index is 0.181. The van der Waals surface area contributed by atoms with Crippen LogP contribution in [0.25, 0.3) is 0 Å². The van der Waals surface area contributed by atoms with Gasteiger partial charge in [0.1, 0.15) is 0 Å². The predicted molar refractivity (Wildman–Crippen MR) is 75.9 cm³/mol. The van der Waals surface area contributed by atoms with E-state index in [2.05, 4.69) is 37.8 Å². The molecule has 1 aromatic heterocycles. The van der Waals surface area contributed by atoms with E-state index < -0.39 is 0 Å². The van der Waals surface area contributed by atoms with Gasteiger partial charge in [0.05, 0.1) is 5.92 Å². The highest BCUT2D eigenvalue weighted by atomic mass is 16.5. The zero-order valence-corrected chi connectivity index (χ0v) is 12.6. The van der Waals surface area contributed by atoms with Crippen molar-refractivity contribution in [3.05, 3.63) is 11.7 Å². The van der Waals surface area contributed by atoms with Crippen LogP contribution in [0.1, 0.15) is 76.9 Å². The zero-order chi connectivity index (χ0) is 14.0.